The molecule has 8 nitrogen and oxygen atoms in total. The minimum atomic E-state index is -0.700. The standard InChI is InChI=1S/C18H21N3O5/c1-4-21-13(9-10-19-21)12-26-16-8-6-5-7-14(16)20-15(18(23)25-3)11-17(22)24-2/h5-11,20H,4,12H2,1-3H3/b15-11+. The first-order valence-electron chi connectivity index (χ1n) is 7.96. The maximum absolute atomic E-state index is 11.9. The number of methoxy groups -OCH3 is 2. The zero-order valence-electron chi connectivity index (χ0n) is 14.9. The lowest BCUT2D eigenvalue weighted by atomic mass is 10.2. The van der Waals surface area contributed by atoms with Gasteiger partial charge in [0.25, 0.3) is 0 Å². The molecule has 0 unspecified atom stereocenters. The molecule has 1 N–H and O–H groups in total. The Morgan fingerprint density at radius 2 is 1.96 bits per heavy atom. The largest absolute Gasteiger partial charge is 0.485 e. The van der Waals surface area contributed by atoms with Gasteiger partial charge in [0.15, 0.2) is 0 Å². The number of hydrogen-bond acceptors (Lipinski definition) is 7. The van der Waals surface area contributed by atoms with Crippen LogP contribution in [-0.4, -0.2) is 35.9 Å². The monoisotopic (exact) mass is 359 g/mol. The highest BCUT2D eigenvalue weighted by molar-refractivity contribution is 5.99. The van der Waals surface area contributed by atoms with Gasteiger partial charge < -0.3 is 19.5 Å². The molecule has 1 aromatic heterocycles. The topological polar surface area (TPSA) is 91.7 Å². The Hall–Kier alpha value is -3.29. The van der Waals surface area contributed by atoms with Crippen LogP contribution in [0.2, 0.25) is 0 Å². The molecule has 0 aliphatic carbocycles. The maximum atomic E-state index is 11.9. The van der Waals surface area contributed by atoms with Crippen LogP contribution in [0.5, 0.6) is 5.75 Å². The quantitative estimate of drug-likeness (QED) is 0.570. The number of ether oxygens (including phenoxy) is 3. The molecule has 0 atom stereocenters. The fourth-order valence-corrected chi connectivity index (χ4v) is 2.19. The van der Waals surface area contributed by atoms with E-state index in [0.717, 1.165) is 18.3 Å². The molecular weight excluding hydrogens is 338 g/mol. The van der Waals surface area contributed by atoms with E-state index in [2.05, 4.69) is 19.9 Å². The fraction of sp³-hybridized carbons (Fsp3) is 0.278. The van der Waals surface area contributed by atoms with Crippen molar-refractivity contribution in [3.63, 3.8) is 0 Å². The molecule has 0 bridgehead atoms. The second-order valence-electron chi connectivity index (χ2n) is 5.12. The van der Waals surface area contributed by atoms with Crippen molar-refractivity contribution in [1.82, 2.24) is 9.78 Å². The van der Waals surface area contributed by atoms with Crippen LogP contribution >= 0.6 is 0 Å². The number of para-hydroxylation sites is 2. The van der Waals surface area contributed by atoms with E-state index >= 15 is 0 Å². The normalized spacial score (nSPS) is 11.0. The number of nitrogens with zero attached hydrogens (tertiary/aromatic N) is 2. The highest BCUT2D eigenvalue weighted by atomic mass is 16.5. The summed E-state index contributed by atoms with van der Waals surface area (Å²) in [4.78, 5) is 23.4. The van der Waals surface area contributed by atoms with Gasteiger partial charge in [0, 0.05) is 12.7 Å². The number of rotatable bonds is 8. The molecule has 0 aliphatic heterocycles. The van der Waals surface area contributed by atoms with Gasteiger partial charge in [-0.15, -0.1) is 0 Å². The Kier molecular flexibility index (Phi) is 6.78. The molecule has 2 rings (SSSR count). The zero-order chi connectivity index (χ0) is 18.9. The minimum absolute atomic E-state index is 0.0611. The summed E-state index contributed by atoms with van der Waals surface area (Å²) < 4.78 is 16.9. The average molecular weight is 359 g/mol. The Balaban J connectivity index is 2.20. The maximum Gasteiger partial charge on any atom is 0.354 e. The second kappa shape index (κ2) is 9.26. The molecule has 0 aliphatic rings. The second-order valence-corrected chi connectivity index (χ2v) is 5.12. The van der Waals surface area contributed by atoms with Crippen LogP contribution in [0.15, 0.2) is 48.3 Å². The molecule has 0 saturated heterocycles. The highest BCUT2D eigenvalue weighted by Crippen LogP contribution is 2.26. The fourth-order valence-electron chi connectivity index (χ4n) is 2.19. The number of esters is 2. The van der Waals surface area contributed by atoms with Crippen LogP contribution in [0.1, 0.15) is 12.6 Å². The molecule has 1 heterocycles. The lowest BCUT2D eigenvalue weighted by Gasteiger charge is -2.14. The molecule has 0 fully saturated rings. The van der Waals surface area contributed by atoms with E-state index in [4.69, 9.17) is 4.74 Å². The molecule has 138 valence electrons. The van der Waals surface area contributed by atoms with Gasteiger partial charge in [-0.1, -0.05) is 12.1 Å². The first-order chi connectivity index (χ1) is 12.6. The van der Waals surface area contributed by atoms with Gasteiger partial charge in [-0.3, -0.25) is 4.68 Å². The van der Waals surface area contributed by atoms with Gasteiger partial charge in [0.05, 0.1) is 31.7 Å². The Labute approximate surface area is 151 Å². The van der Waals surface area contributed by atoms with Gasteiger partial charge in [0.1, 0.15) is 18.1 Å². The summed E-state index contributed by atoms with van der Waals surface area (Å²) in [6.07, 6.45) is 2.73. The molecule has 1 aromatic carbocycles. The third kappa shape index (κ3) is 4.85. The highest BCUT2D eigenvalue weighted by Gasteiger charge is 2.15. The molecule has 0 spiro atoms. The van der Waals surface area contributed by atoms with E-state index in [1.165, 1.54) is 14.2 Å². The van der Waals surface area contributed by atoms with Crippen LogP contribution in [0, 0.1) is 0 Å². The molecule has 26 heavy (non-hydrogen) atoms. The third-order valence-electron chi connectivity index (χ3n) is 3.50. The van der Waals surface area contributed by atoms with Gasteiger partial charge in [0.2, 0.25) is 0 Å². The molecule has 0 radical (unpaired) electrons. The van der Waals surface area contributed by atoms with Crippen LogP contribution in [0.25, 0.3) is 0 Å². The van der Waals surface area contributed by atoms with Crippen molar-refractivity contribution in [2.24, 2.45) is 0 Å². The van der Waals surface area contributed by atoms with E-state index in [0.29, 0.717) is 18.0 Å². The molecule has 8 heteroatoms. The summed E-state index contributed by atoms with van der Waals surface area (Å²) in [7, 11) is 2.45. The average Bonchev–Trinajstić information content (AvgIpc) is 3.13. The molecule has 0 saturated carbocycles. The number of carbonyl (C=O) groups is 2. The first-order valence-corrected chi connectivity index (χ1v) is 7.96. The van der Waals surface area contributed by atoms with Gasteiger partial charge in [-0.2, -0.15) is 5.10 Å². The van der Waals surface area contributed by atoms with E-state index in [1.54, 1.807) is 30.5 Å². The van der Waals surface area contributed by atoms with Crippen molar-refractivity contribution in [3.05, 3.63) is 54.0 Å². The number of anilines is 1. The van der Waals surface area contributed by atoms with Crippen molar-refractivity contribution < 1.29 is 23.8 Å². The van der Waals surface area contributed by atoms with Crippen LogP contribution in [-0.2, 0) is 32.2 Å². The van der Waals surface area contributed by atoms with Crippen LogP contribution in [0.4, 0.5) is 5.69 Å². The van der Waals surface area contributed by atoms with E-state index < -0.39 is 11.9 Å². The number of hydrogen-bond donors (Lipinski definition) is 1. The Morgan fingerprint density at radius 1 is 1.19 bits per heavy atom. The van der Waals surface area contributed by atoms with Crippen LogP contribution < -0.4 is 10.1 Å². The van der Waals surface area contributed by atoms with Crippen molar-refractivity contribution in [1.29, 1.82) is 0 Å². The van der Waals surface area contributed by atoms with Crippen molar-refractivity contribution in [2.75, 3.05) is 19.5 Å². The van der Waals surface area contributed by atoms with Crippen LogP contribution in [0.3, 0.4) is 0 Å². The van der Waals surface area contributed by atoms with E-state index in [-0.39, 0.29) is 5.70 Å². The SMILES string of the molecule is CCn1nccc1COc1ccccc1N/C(=C/C(=O)OC)C(=O)OC. The number of aryl methyl sites for hydroxylation is 1. The lowest BCUT2D eigenvalue weighted by molar-refractivity contribution is -0.138. The van der Waals surface area contributed by atoms with E-state index in [1.807, 2.05) is 17.7 Å². The summed E-state index contributed by atoms with van der Waals surface area (Å²) in [6, 6.07) is 8.93. The van der Waals surface area contributed by atoms with Crippen molar-refractivity contribution in [2.45, 2.75) is 20.1 Å². The molecule has 0 amide bonds. The minimum Gasteiger partial charge on any atom is -0.485 e. The molecule has 2 aromatic rings. The number of carbonyl (C=O) groups excluding carboxylic acids is 2. The van der Waals surface area contributed by atoms with Crippen molar-refractivity contribution in [3.8, 4) is 5.75 Å². The Bertz CT molecular complexity index is 798. The summed E-state index contributed by atoms with van der Waals surface area (Å²) in [5, 5.41) is 7.05. The predicted molar refractivity (Wildman–Crippen MR) is 94.4 cm³/mol. The summed E-state index contributed by atoms with van der Waals surface area (Å²) in [5.41, 5.74) is 1.37. The zero-order valence-corrected chi connectivity index (χ0v) is 14.9. The number of aromatic nitrogens is 2. The van der Waals surface area contributed by atoms with Gasteiger partial charge >= 0.3 is 11.9 Å². The predicted octanol–water partition coefficient (Wildman–Crippen LogP) is 2.12. The lowest BCUT2D eigenvalue weighted by Crippen LogP contribution is -2.16. The van der Waals surface area contributed by atoms with E-state index in [9.17, 15) is 9.59 Å². The van der Waals surface area contributed by atoms with Gasteiger partial charge in [-0.05, 0) is 25.1 Å². The smallest absolute Gasteiger partial charge is 0.354 e. The number of nitrogens with one attached hydrogen (secondary N) is 1. The summed E-state index contributed by atoms with van der Waals surface area (Å²) >= 11 is 0. The summed E-state index contributed by atoms with van der Waals surface area (Å²) in [5.74, 6) is -0.867. The number of benzene rings is 1. The summed E-state index contributed by atoms with van der Waals surface area (Å²) in [6.45, 7) is 3.03. The Morgan fingerprint density at radius 3 is 2.65 bits per heavy atom. The molecular formula is C18H21N3O5. The van der Waals surface area contributed by atoms with Gasteiger partial charge in [-0.25, -0.2) is 9.59 Å². The third-order valence-corrected chi connectivity index (χ3v) is 3.50. The van der Waals surface area contributed by atoms with Crippen molar-refractivity contribution >= 4 is 17.6 Å². The first kappa shape index (κ1) is 19.0.